The van der Waals surface area contributed by atoms with Gasteiger partial charge in [0.05, 0.1) is 18.7 Å². The summed E-state index contributed by atoms with van der Waals surface area (Å²) in [4.78, 5) is 19.3. The SMILES string of the molecule is O=C(Cc1csc(CN2CCCC2)n1)Nc1ccc2c(c1)OCCO2. The number of likely N-dealkylation sites (tertiary alicyclic amines) is 1. The molecule has 0 atom stereocenters. The normalized spacial score (nSPS) is 16.8. The van der Waals surface area contributed by atoms with Gasteiger partial charge in [-0.05, 0) is 38.1 Å². The average Bonchev–Trinajstić information content (AvgIpc) is 3.27. The van der Waals surface area contributed by atoms with Crippen molar-refractivity contribution in [1.82, 2.24) is 9.88 Å². The van der Waals surface area contributed by atoms with Crippen LogP contribution in [-0.2, 0) is 17.8 Å². The van der Waals surface area contributed by atoms with Crippen molar-refractivity contribution in [3.63, 3.8) is 0 Å². The fourth-order valence-electron chi connectivity index (χ4n) is 3.13. The van der Waals surface area contributed by atoms with E-state index in [2.05, 4.69) is 15.2 Å². The lowest BCUT2D eigenvalue weighted by Gasteiger charge is -2.18. The first-order chi connectivity index (χ1) is 12.3. The molecule has 1 fully saturated rings. The predicted octanol–water partition coefficient (Wildman–Crippen LogP) is 2.69. The van der Waals surface area contributed by atoms with Gasteiger partial charge in [-0.15, -0.1) is 11.3 Å². The van der Waals surface area contributed by atoms with Gasteiger partial charge < -0.3 is 14.8 Å². The van der Waals surface area contributed by atoms with Gasteiger partial charge in [0.25, 0.3) is 0 Å². The summed E-state index contributed by atoms with van der Waals surface area (Å²) >= 11 is 1.63. The molecule has 0 radical (unpaired) electrons. The van der Waals surface area contributed by atoms with Gasteiger partial charge in [-0.25, -0.2) is 4.98 Å². The third-order valence-corrected chi connectivity index (χ3v) is 5.21. The van der Waals surface area contributed by atoms with Crippen LogP contribution in [0.2, 0.25) is 0 Å². The molecule has 3 heterocycles. The summed E-state index contributed by atoms with van der Waals surface area (Å²) in [5, 5.41) is 5.97. The lowest BCUT2D eigenvalue weighted by Crippen LogP contribution is -2.18. The fraction of sp³-hybridized carbons (Fsp3) is 0.444. The van der Waals surface area contributed by atoms with Crippen LogP contribution < -0.4 is 14.8 Å². The molecule has 7 heteroatoms. The number of hydrogen-bond acceptors (Lipinski definition) is 6. The van der Waals surface area contributed by atoms with Crippen LogP contribution in [0, 0.1) is 0 Å². The van der Waals surface area contributed by atoms with Crippen molar-refractivity contribution in [3.05, 3.63) is 34.3 Å². The first-order valence-corrected chi connectivity index (χ1v) is 9.49. The summed E-state index contributed by atoms with van der Waals surface area (Å²) in [7, 11) is 0. The minimum absolute atomic E-state index is 0.0744. The second kappa shape index (κ2) is 7.41. The Morgan fingerprint density at radius 1 is 1.20 bits per heavy atom. The van der Waals surface area contributed by atoms with Gasteiger partial charge >= 0.3 is 0 Å². The van der Waals surface area contributed by atoms with E-state index in [1.807, 2.05) is 17.5 Å². The van der Waals surface area contributed by atoms with Crippen molar-refractivity contribution >= 4 is 22.9 Å². The fourth-order valence-corrected chi connectivity index (χ4v) is 3.96. The van der Waals surface area contributed by atoms with E-state index in [4.69, 9.17) is 9.47 Å². The standard InChI is InChI=1S/C18H21N3O3S/c22-17(19-13-3-4-15-16(9-13)24-8-7-23-15)10-14-12-25-18(20-14)11-21-5-1-2-6-21/h3-4,9,12H,1-2,5-8,10-11H2,(H,19,22). The van der Waals surface area contributed by atoms with Crippen LogP contribution in [0.25, 0.3) is 0 Å². The lowest BCUT2D eigenvalue weighted by molar-refractivity contribution is -0.115. The molecular weight excluding hydrogens is 338 g/mol. The molecule has 2 aliphatic rings. The molecule has 0 bridgehead atoms. The van der Waals surface area contributed by atoms with E-state index in [1.54, 1.807) is 17.4 Å². The summed E-state index contributed by atoms with van der Waals surface area (Å²) in [5.74, 6) is 1.32. The molecule has 25 heavy (non-hydrogen) atoms. The van der Waals surface area contributed by atoms with Gasteiger partial charge in [0.1, 0.15) is 18.2 Å². The molecule has 1 saturated heterocycles. The van der Waals surface area contributed by atoms with Gasteiger partial charge in [0.15, 0.2) is 11.5 Å². The molecule has 1 N–H and O–H groups in total. The van der Waals surface area contributed by atoms with Crippen LogP contribution in [0.15, 0.2) is 23.6 Å². The van der Waals surface area contributed by atoms with E-state index in [0.29, 0.717) is 24.7 Å². The third kappa shape index (κ3) is 4.11. The van der Waals surface area contributed by atoms with E-state index in [1.165, 1.54) is 12.8 Å². The number of amides is 1. The Bertz CT molecular complexity index is 756. The van der Waals surface area contributed by atoms with E-state index < -0.39 is 0 Å². The molecule has 2 aliphatic heterocycles. The number of nitrogens with one attached hydrogen (secondary N) is 1. The van der Waals surface area contributed by atoms with E-state index in [9.17, 15) is 4.79 Å². The van der Waals surface area contributed by atoms with E-state index in [-0.39, 0.29) is 12.3 Å². The maximum absolute atomic E-state index is 12.3. The molecule has 4 rings (SSSR count). The van der Waals surface area contributed by atoms with Gasteiger partial charge in [-0.3, -0.25) is 9.69 Å². The zero-order chi connectivity index (χ0) is 17.1. The molecule has 6 nitrogen and oxygen atoms in total. The molecular formula is C18H21N3O3S. The lowest BCUT2D eigenvalue weighted by atomic mass is 10.2. The predicted molar refractivity (Wildman–Crippen MR) is 96.4 cm³/mol. The minimum atomic E-state index is -0.0744. The highest BCUT2D eigenvalue weighted by Crippen LogP contribution is 2.32. The summed E-state index contributed by atoms with van der Waals surface area (Å²) in [5.41, 5.74) is 1.54. The number of ether oxygens (including phenoxy) is 2. The number of fused-ring (bicyclic) bond motifs is 1. The van der Waals surface area contributed by atoms with Crippen molar-refractivity contribution in [2.24, 2.45) is 0 Å². The maximum atomic E-state index is 12.3. The Morgan fingerprint density at radius 2 is 2.00 bits per heavy atom. The highest BCUT2D eigenvalue weighted by Gasteiger charge is 2.16. The topological polar surface area (TPSA) is 63.7 Å². The number of benzene rings is 1. The van der Waals surface area contributed by atoms with Crippen LogP contribution >= 0.6 is 11.3 Å². The van der Waals surface area contributed by atoms with Crippen molar-refractivity contribution < 1.29 is 14.3 Å². The van der Waals surface area contributed by atoms with E-state index >= 15 is 0 Å². The maximum Gasteiger partial charge on any atom is 0.230 e. The number of aromatic nitrogens is 1. The smallest absolute Gasteiger partial charge is 0.230 e. The van der Waals surface area contributed by atoms with Gasteiger partial charge in [-0.1, -0.05) is 0 Å². The number of rotatable bonds is 5. The number of anilines is 1. The van der Waals surface area contributed by atoms with Crippen LogP contribution in [-0.4, -0.2) is 42.1 Å². The quantitative estimate of drug-likeness (QED) is 0.889. The van der Waals surface area contributed by atoms with Crippen LogP contribution in [0.5, 0.6) is 11.5 Å². The zero-order valence-electron chi connectivity index (χ0n) is 14.0. The molecule has 0 saturated carbocycles. The molecule has 2 aromatic rings. The van der Waals surface area contributed by atoms with Crippen molar-refractivity contribution in [3.8, 4) is 11.5 Å². The average molecular weight is 359 g/mol. The minimum Gasteiger partial charge on any atom is -0.486 e. The first-order valence-electron chi connectivity index (χ1n) is 8.61. The Hall–Kier alpha value is -2.12. The number of carbonyl (C=O) groups excluding carboxylic acids is 1. The summed E-state index contributed by atoms with van der Waals surface area (Å²) in [6.45, 7) is 4.29. The van der Waals surface area contributed by atoms with Crippen molar-refractivity contribution in [1.29, 1.82) is 0 Å². The van der Waals surface area contributed by atoms with Crippen molar-refractivity contribution in [2.45, 2.75) is 25.8 Å². The van der Waals surface area contributed by atoms with Gasteiger partial charge in [0.2, 0.25) is 5.91 Å². The molecule has 1 amide bonds. The highest BCUT2D eigenvalue weighted by molar-refractivity contribution is 7.09. The zero-order valence-corrected chi connectivity index (χ0v) is 14.8. The summed E-state index contributed by atoms with van der Waals surface area (Å²) in [6.07, 6.45) is 2.83. The molecule has 1 aromatic heterocycles. The second-order valence-corrected chi connectivity index (χ2v) is 7.24. The Morgan fingerprint density at radius 3 is 2.84 bits per heavy atom. The molecule has 0 unspecified atom stereocenters. The summed E-state index contributed by atoms with van der Waals surface area (Å²) in [6, 6.07) is 5.44. The van der Waals surface area contributed by atoms with Gasteiger partial charge in [-0.2, -0.15) is 0 Å². The van der Waals surface area contributed by atoms with Crippen LogP contribution in [0.1, 0.15) is 23.5 Å². The molecule has 1 aromatic carbocycles. The monoisotopic (exact) mass is 359 g/mol. The molecule has 0 aliphatic carbocycles. The van der Waals surface area contributed by atoms with E-state index in [0.717, 1.165) is 36.1 Å². The van der Waals surface area contributed by atoms with Crippen molar-refractivity contribution in [2.75, 3.05) is 31.6 Å². The highest BCUT2D eigenvalue weighted by atomic mass is 32.1. The number of thiazole rings is 1. The van der Waals surface area contributed by atoms with Gasteiger partial charge in [0, 0.05) is 17.1 Å². The molecule has 0 spiro atoms. The first kappa shape index (κ1) is 16.4. The van der Waals surface area contributed by atoms with Crippen LogP contribution in [0.3, 0.4) is 0 Å². The number of nitrogens with zero attached hydrogens (tertiary/aromatic N) is 2. The molecule has 132 valence electrons. The van der Waals surface area contributed by atoms with Crippen LogP contribution in [0.4, 0.5) is 5.69 Å². The second-order valence-electron chi connectivity index (χ2n) is 6.30. The third-order valence-electron chi connectivity index (χ3n) is 4.32. The Kier molecular flexibility index (Phi) is 4.85. The largest absolute Gasteiger partial charge is 0.486 e. The summed E-state index contributed by atoms with van der Waals surface area (Å²) < 4.78 is 11.0. The number of hydrogen-bond donors (Lipinski definition) is 1. The Balaban J connectivity index is 1.33. The number of carbonyl (C=O) groups is 1. The Labute approximate surface area is 150 Å².